The Kier molecular flexibility index (Phi) is 1.90. The van der Waals surface area contributed by atoms with Gasteiger partial charge < -0.3 is 10.2 Å². The number of halogens is 1. The fourth-order valence-electron chi connectivity index (χ4n) is 0.860. The van der Waals surface area contributed by atoms with Crippen molar-refractivity contribution in [3.8, 4) is 11.3 Å². The van der Waals surface area contributed by atoms with E-state index in [1.54, 1.807) is 17.5 Å². The Balaban J connectivity index is 2.43. The van der Waals surface area contributed by atoms with E-state index in [2.05, 4.69) is 20.9 Å². The summed E-state index contributed by atoms with van der Waals surface area (Å²) in [6, 6.07) is 2.16. The zero-order valence-corrected chi connectivity index (χ0v) is 8.35. The lowest BCUT2D eigenvalue weighted by Crippen LogP contribution is -1.79. The molecule has 12 heavy (non-hydrogen) atoms. The predicted molar refractivity (Wildman–Crippen MR) is 51.9 cm³/mol. The highest BCUT2D eigenvalue weighted by molar-refractivity contribution is 9.11. The first-order chi connectivity index (χ1) is 5.75. The molecule has 5 heteroatoms. The van der Waals surface area contributed by atoms with Crippen LogP contribution in [-0.4, -0.2) is 4.98 Å². The van der Waals surface area contributed by atoms with Crippen molar-refractivity contribution < 1.29 is 4.42 Å². The number of nitrogens with zero attached hydrogens (tertiary/aromatic N) is 1. The highest BCUT2D eigenvalue weighted by Gasteiger charge is 2.05. The zero-order valence-electron chi connectivity index (χ0n) is 5.95. The zero-order chi connectivity index (χ0) is 8.55. The summed E-state index contributed by atoms with van der Waals surface area (Å²) in [6.45, 7) is 0. The van der Waals surface area contributed by atoms with Gasteiger partial charge in [-0.15, -0.1) is 11.3 Å². The number of rotatable bonds is 1. The summed E-state index contributed by atoms with van der Waals surface area (Å²) in [6.07, 6.45) is 1.61. The second-order valence-electron chi connectivity index (χ2n) is 2.20. The maximum absolute atomic E-state index is 5.34. The SMILES string of the molecule is Nc1ncc(-c2csc(Br)c2)o1. The van der Waals surface area contributed by atoms with E-state index in [0.29, 0.717) is 5.76 Å². The Hall–Kier alpha value is -0.810. The predicted octanol–water partition coefficient (Wildman–Crippen LogP) is 2.75. The smallest absolute Gasteiger partial charge is 0.292 e. The third kappa shape index (κ3) is 1.37. The van der Waals surface area contributed by atoms with Crippen LogP contribution in [0.3, 0.4) is 0 Å². The number of aromatic nitrogens is 1. The lowest BCUT2D eigenvalue weighted by atomic mass is 10.3. The molecular formula is C7H5BrN2OS. The van der Waals surface area contributed by atoms with E-state index in [9.17, 15) is 0 Å². The molecule has 2 aromatic heterocycles. The fraction of sp³-hybridized carbons (Fsp3) is 0. The molecule has 2 rings (SSSR count). The summed E-state index contributed by atoms with van der Waals surface area (Å²) in [5.41, 5.74) is 6.33. The Labute approximate surface area is 81.4 Å². The van der Waals surface area contributed by atoms with Gasteiger partial charge in [0.1, 0.15) is 0 Å². The van der Waals surface area contributed by atoms with E-state index < -0.39 is 0 Å². The Morgan fingerprint density at radius 1 is 1.58 bits per heavy atom. The number of hydrogen-bond donors (Lipinski definition) is 1. The first-order valence-corrected chi connectivity index (χ1v) is 4.88. The average molecular weight is 245 g/mol. The van der Waals surface area contributed by atoms with Crippen molar-refractivity contribution in [1.82, 2.24) is 4.98 Å². The molecule has 0 unspecified atom stereocenters. The number of anilines is 1. The van der Waals surface area contributed by atoms with Gasteiger partial charge in [-0.05, 0) is 22.0 Å². The Morgan fingerprint density at radius 3 is 2.92 bits per heavy atom. The van der Waals surface area contributed by atoms with E-state index in [4.69, 9.17) is 10.2 Å². The van der Waals surface area contributed by atoms with Gasteiger partial charge in [0.2, 0.25) is 0 Å². The van der Waals surface area contributed by atoms with E-state index >= 15 is 0 Å². The monoisotopic (exact) mass is 244 g/mol. The molecule has 0 fully saturated rings. The molecule has 2 N–H and O–H groups in total. The van der Waals surface area contributed by atoms with Crippen molar-refractivity contribution in [2.75, 3.05) is 5.73 Å². The van der Waals surface area contributed by atoms with E-state index in [-0.39, 0.29) is 6.01 Å². The van der Waals surface area contributed by atoms with Crippen molar-refractivity contribution in [3.05, 3.63) is 21.4 Å². The minimum Gasteiger partial charge on any atom is -0.424 e. The first kappa shape index (κ1) is 7.82. The standard InChI is InChI=1S/C7H5BrN2OS/c8-6-1-4(3-12-6)5-2-10-7(9)11-5/h1-3H,(H2,9,10). The maximum atomic E-state index is 5.34. The third-order valence-electron chi connectivity index (χ3n) is 1.38. The summed E-state index contributed by atoms with van der Waals surface area (Å²) in [4.78, 5) is 3.80. The van der Waals surface area contributed by atoms with Crippen LogP contribution in [0.2, 0.25) is 0 Å². The van der Waals surface area contributed by atoms with Gasteiger partial charge in [-0.25, -0.2) is 4.98 Å². The van der Waals surface area contributed by atoms with E-state index in [1.165, 1.54) is 0 Å². The van der Waals surface area contributed by atoms with Gasteiger partial charge in [0, 0.05) is 10.9 Å². The van der Waals surface area contributed by atoms with Crippen molar-refractivity contribution in [1.29, 1.82) is 0 Å². The Morgan fingerprint density at radius 2 is 2.42 bits per heavy atom. The van der Waals surface area contributed by atoms with Crippen molar-refractivity contribution in [2.24, 2.45) is 0 Å². The average Bonchev–Trinajstić information content (AvgIpc) is 2.58. The van der Waals surface area contributed by atoms with E-state index in [0.717, 1.165) is 9.35 Å². The molecule has 0 amide bonds. The van der Waals surface area contributed by atoms with Crippen LogP contribution >= 0.6 is 27.3 Å². The number of hydrogen-bond acceptors (Lipinski definition) is 4. The second-order valence-corrected chi connectivity index (χ2v) is 4.49. The van der Waals surface area contributed by atoms with E-state index in [1.807, 2.05) is 11.4 Å². The molecule has 2 aromatic rings. The van der Waals surface area contributed by atoms with Crippen LogP contribution in [0, 0.1) is 0 Å². The van der Waals surface area contributed by atoms with Crippen molar-refractivity contribution in [3.63, 3.8) is 0 Å². The number of nitrogens with two attached hydrogens (primary N) is 1. The molecule has 3 nitrogen and oxygen atoms in total. The lowest BCUT2D eigenvalue weighted by Gasteiger charge is -1.85. The van der Waals surface area contributed by atoms with Crippen LogP contribution < -0.4 is 5.73 Å². The molecule has 0 radical (unpaired) electrons. The first-order valence-electron chi connectivity index (χ1n) is 3.21. The highest BCUT2D eigenvalue weighted by Crippen LogP contribution is 2.29. The quantitative estimate of drug-likeness (QED) is 0.840. The third-order valence-corrected chi connectivity index (χ3v) is 2.88. The molecule has 0 aliphatic heterocycles. The molecule has 0 bridgehead atoms. The Bertz CT molecular complexity index is 357. The van der Waals surface area contributed by atoms with Crippen LogP contribution in [0.15, 0.2) is 25.8 Å². The van der Waals surface area contributed by atoms with Gasteiger partial charge in [-0.2, -0.15) is 0 Å². The van der Waals surface area contributed by atoms with Gasteiger partial charge in [-0.3, -0.25) is 0 Å². The molecule has 62 valence electrons. The molecule has 0 saturated carbocycles. The second kappa shape index (κ2) is 2.91. The fourth-order valence-corrected chi connectivity index (χ4v) is 2.01. The maximum Gasteiger partial charge on any atom is 0.292 e. The number of nitrogen functional groups attached to an aromatic ring is 1. The highest BCUT2D eigenvalue weighted by atomic mass is 79.9. The normalized spacial score (nSPS) is 10.4. The number of thiophene rings is 1. The van der Waals surface area contributed by atoms with Crippen LogP contribution in [0.4, 0.5) is 6.01 Å². The number of oxazole rings is 1. The lowest BCUT2D eigenvalue weighted by molar-refractivity contribution is 0.595. The van der Waals surface area contributed by atoms with Gasteiger partial charge in [0.15, 0.2) is 5.76 Å². The van der Waals surface area contributed by atoms with Crippen LogP contribution in [0.1, 0.15) is 0 Å². The van der Waals surface area contributed by atoms with Gasteiger partial charge in [-0.1, -0.05) is 0 Å². The summed E-state index contributed by atoms with van der Waals surface area (Å²) < 4.78 is 6.20. The summed E-state index contributed by atoms with van der Waals surface area (Å²) in [5, 5.41) is 1.98. The summed E-state index contributed by atoms with van der Waals surface area (Å²) >= 11 is 4.96. The van der Waals surface area contributed by atoms with Crippen LogP contribution in [0.25, 0.3) is 11.3 Å². The molecule has 2 heterocycles. The summed E-state index contributed by atoms with van der Waals surface area (Å²) in [5.74, 6) is 0.703. The van der Waals surface area contributed by atoms with Gasteiger partial charge >= 0.3 is 0 Å². The van der Waals surface area contributed by atoms with Crippen molar-refractivity contribution >= 4 is 33.3 Å². The van der Waals surface area contributed by atoms with Gasteiger partial charge in [0.25, 0.3) is 6.01 Å². The largest absolute Gasteiger partial charge is 0.424 e. The molecule has 0 aliphatic carbocycles. The van der Waals surface area contributed by atoms with Crippen molar-refractivity contribution in [2.45, 2.75) is 0 Å². The minimum atomic E-state index is 0.201. The minimum absolute atomic E-state index is 0.201. The molecule has 0 aliphatic rings. The van der Waals surface area contributed by atoms with Gasteiger partial charge in [0.05, 0.1) is 9.98 Å². The topological polar surface area (TPSA) is 52.0 Å². The molecule has 0 spiro atoms. The molecule has 0 atom stereocenters. The summed E-state index contributed by atoms with van der Waals surface area (Å²) in [7, 11) is 0. The molecule has 0 aromatic carbocycles. The van der Waals surface area contributed by atoms with Crippen LogP contribution in [-0.2, 0) is 0 Å². The molecular weight excluding hydrogens is 240 g/mol. The van der Waals surface area contributed by atoms with Crippen LogP contribution in [0.5, 0.6) is 0 Å². The molecule has 0 saturated heterocycles.